The molecule has 1 aliphatic rings. The first-order valence-electron chi connectivity index (χ1n) is 7.49. The second kappa shape index (κ2) is 6.88. The standard InChI is InChI=1S/C18H14N4O3/c1-2-10-21-16-9-4-3-8-15(16)17(18(21)23)20-19-12-13-6-5-7-14(11-13)22(24)25/h2-9,11-12H,1,10H2/b19-12-,20-17-. The van der Waals surface area contributed by atoms with E-state index in [-0.39, 0.29) is 17.3 Å². The number of nitro benzene ring substituents is 1. The number of para-hydroxylation sites is 1. The van der Waals surface area contributed by atoms with Crippen LogP contribution in [0.15, 0.2) is 71.4 Å². The minimum atomic E-state index is -0.479. The molecule has 0 atom stereocenters. The fourth-order valence-corrected chi connectivity index (χ4v) is 2.54. The molecule has 0 aliphatic carbocycles. The largest absolute Gasteiger partial charge is 0.302 e. The lowest BCUT2D eigenvalue weighted by molar-refractivity contribution is -0.384. The molecule has 2 aromatic carbocycles. The van der Waals surface area contributed by atoms with Crippen molar-refractivity contribution in [2.24, 2.45) is 10.2 Å². The zero-order valence-corrected chi connectivity index (χ0v) is 13.2. The molecule has 0 bridgehead atoms. The van der Waals surface area contributed by atoms with Crippen LogP contribution in [-0.4, -0.2) is 29.3 Å². The molecule has 7 heteroatoms. The number of nitrogens with zero attached hydrogens (tertiary/aromatic N) is 4. The number of carbonyl (C=O) groups excluding carboxylic acids is 1. The third-order valence-corrected chi connectivity index (χ3v) is 3.65. The molecule has 124 valence electrons. The zero-order chi connectivity index (χ0) is 17.8. The number of hydrogen-bond donors (Lipinski definition) is 0. The van der Waals surface area contributed by atoms with E-state index in [1.165, 1.54) is 18.3 Å². The van der Waals surface area contributed by atoms with Crippen molar-refractivity contribution in [3.05, 3.63) is 82.4 Å². The predicted molar refractivity (Wildman–Crippen MR) is 96.2 cm³/mol. The number of nitro groups is 1. The SMILES string of the molecule is C=CCN1C(=O)/C(=N\N=C/c2cccc([N+](=O)[O-])c2)c2ccccc21. The number of anilines is 1. The number of non-ortho nitro benzene ring substituents is 1. The molecule has 0 saturated heterocycles. The lowest BCUT2D eigenvalue weighted by Crippen LogP contribution is -2.30. The van der Waals surface area contributed by atoms with Crippen LogP contribution in [0.5, 0.6) is 0 Å². The van der Waals surface area contributed by atoms with Crippen LogP contribution in [0.2, 0.25) is 0 Å². The van der Waals surface area contributed by atoms with E-state index in [4.69, 9.17) is 0 Å². The van der Waals surface area contributed by atoms with E-state index < -0.39 is 4.92 Å². The monoisotopic (exact) mass is 334 g/mol. The summed E-state index contributed by atoms with van der Waals surface area (Å²) in [5, 5.41) is 18.8. The molecule has 1 aliphatic heterocycles. The molecule has 3 rings (SSSR count). The van der Waals surface area contributed by atoms with Gasteiger partial charge in [0.15, 0.2) is 5.71 Å². The van der Waals surface area contributed by atoms with Crippen LogP contribution in [-0.2, 0) is 4.79 Å². The van der Waals surface area contributed by atoms with E-state index in [9.17, 15) is 14.9 Å². The summed E-state index contributed by atoms with van der Waals surface area (Å²) >= 11 is 0. The summed E-state index contributed by atoms with van der Waals surface area (Å²) < 4.78 is 0. The summed E-state index contributed by atoms with van der Waals surface area (Å²) in [6.07, 6.45) is 3.02. The van der Waals surface area contributed by atoms with Crippen molar-refractivity contribution < 1.29 is 9.72 Å². The highest BCUT2D eigenvalue weighted by Gasteiger charge is 2.32. The van der Waals surface area contributed by atoms with Crippen LogP contribution in [0.25, 0.3) is 0 Å². The molecule has 0 N–H and O–H groups in total. The van der Waals surface area contributed by atoms with Gasteiger partial charge in [-0.2, -0.15) is 5.10 Å². The third kappa shape index (κ3) is 3.20. The normalized spacial score (nSPS) is 15.0. The Morgan fingerprint density at radius 2 is 2.00 bits per heavy atom. The molecule has 0 aromatic heterocycles. The molecule has 25 heavy (non-hydrogen) atoms. The quantitative estimate of drug-likeness (QED) is 0.364. The van der Waals surface area contributed by atoms with Crippen molar-refractivity contribution in [1.82, 2.24) is 0 Å². The van der Waals surface area contributed by atoms with Crippen molar-refractivity contribution in [3.63, 3.8) is 0 Å². The lowest BCUT2D eigenvalue weighted by Gasteiger charge is -2.13. The Kier molecular flexibility index (Phi) is 4.47. The molecular weight excluding hydrogens is 320 g/mol. The van der Waals surface area contributed by atoms with E-state index in [0.29, 0.717) is 17.7 Å². The first kappa shape index (κ1) is 16.3. The number of fused-ring (bicyclic) bond motifs is 1. The Morgan fingerprint density at radius 3 is 2.76 bits per heavy atom. The van der Waals surface area contributed by atoms with Crippen molar-refractivity contribution in [2.45, 2.75) is 0 Å². The van der Waals surface area contributed by atoms with E-state index in [2.05, 4.69) is 16.8 Å². The Bertz CT molecular complexity index is 918. The highest BCUT2D eigenvalue weighted by atomic mass is 16.6. The molecule has 0 spiro atoms. The minimum Gasteiger partial charge on any atom is -0.302 e. The first-order valence-corrected chi connectivity index (χ1v) is 7.49. The fraction of sp³-hybridized carbons (Fsp3) is 0.0556. The van der Waals surface area contributed by atoms with Crippen LogP contribution >= 0.6 is 0 Å². The zero-order valence-electron chi connectivity index (χ0n) is 13.2. The van der Waals surface area contributed by atoms with Crippen molar-refractivity contribution >= 4 is 29.2 Å². The molecule has 0 radical (unpaired) electrons. The van der Waals surface area contributed by atoms with E-state index in [0.717, 1.165) is 5.69 Å². The van der Waals surface area contributed by atoms with Crippen LogP contribution in [0.1, 0.15) is 11.1 Å². The van der Waals surface area contributed by atoms with Gasteiger partial charge in [0.2, 0.25) is 0 Å². The summed E-state index contributed by atoms with van der Waals surface area (Å²) in [6.45, 7) is 4.04. The summed E-state index contributed by atoms with van der Waals surface area (Å²) in [4.78, 5) is 24.4. The Morgan fingerprint density at radius 1 is 1.20 bits per heavy atom. The van der Waals surface area contributed by atoms with Gasteiger partial charge >= 0.3 is 0 Å². The molecule has 2 aromatic rings. The summed E-state index contributed by atoms with van der Waals surface area (Å²) in [5.41, 5.74) is 2.19. The number of carbonyl (C=O) groups is 1. The van der Waals surface area contributed by atoms with Crippen LogP contribution < -0.4 is 4.90 Å². The van der Waals surface area contributed by atoms with E-state index >= 15 is 0 Å². The predicted octanol–water partition coefficient (Wildman–Crippen LogP) is 2.95. The second-order valence-electron chi connectivity index (χ2n) is 5.27. The van der Waals surface area contributed by atoms with Crippen molar-refractivity contribution in [3.8, 4) is 0 Å². The maximum atomic E-state index is 12.5. The second-order valence-corrected chi connectivity index (χ2v) is 5.27. The van der Waals surface area contributed by atoms with Gasteiger partial charge in [-0.3, -0.25) is 14.9 Å². The average molecular weight is 334 g/mol. The van der Waals surface area contributed by atoms with Gasteiger partial charge in [-0.15, -0.1) is 11.7 Å². The molecule has 7 nitrogen and oxygen atoms in total. The van der Waals surface area contributed by atoms with Crippen molar-refractivity contribution in [1.29, 1.82) is 0 Å². The number of rotatable bonds is 5. The average Bonchev–Trinajstić information content (AvgIpc) is 2.88. The fourth-order valence-electron chi connectivity index (χ4n) is 2.54. The molecule has 0 unspecified atom stereocenters. The van der Waals surface area contributed by atoms with Gasteiger partial charge in [0.1, 0.15) is 0 Å². The van der Waals surface area contributed by atoms with Gasteiger partial charge in [0.25, 0.3) is 11.6 Å². The lowest BCUT2D eigenvalue weighted by atomic mass is 10.1. The highest BCUT2D eigenvalue weighted by Crippen LogP contribution is 2.29. The molecule has 1 amide bonds. The Balaban J connectivity index is 1.91. The molecule has 1 heterocycles. The van der Waals surface area contributed by atoms with Gasteiger partial charge < -0.3 is 4.90 Å². The summed E-state index contributed by atoms with van der Waals surface area (Å²) in [6, 6.07) is 13.3. The third-order valence-electron chi connectivity index (χ3n) is 3.65. The molecule has 0 saturated carbocycles. The number of benzene rings is 2. The topological polar surface area (TPSA) is 88.2 Å². The first-order chi connectivity index (χ1) is 12.1. The smallest absolute Gasteiger partial charge is 0.279 e. The number of amides is 1. The number of hydrogen-bond acceptors (Lipinski definition) is 5. The highest BCUT2D eigenvalue weighted by molar-refractivity contribution is 6.54. The summed E-state index contributed by atoms with van der Waals surface area (Å²) in [7, 11) is 0. The Labute approximate surface area is 143 Å². The minimum absolute atomic E-state index is 0.0314. The van der Waals surface area contributed by atoms with Gasteiger partial charge in [-0.05, 0) is 6.07 Å². The maximum Gasteiger partial charge on any atom is 0.279 e. The molecule has 0 fully saturated rings. The Hall–Kier alpha value is -3.61. The van der Waals surface area contributed by atoms with Crippen LogP contribution in [0.4, 0.5) is 11.4 Å². The van der Waals surface area contributed by atoms with Crippen LogP contribution in [0, 0.1) is 10.1 Å². The van der Waals surface area contributed by atoms with E-state index in [1.807, 2.05) is 18.2 Å². The van der Waals surface area contributed by atoms with Gasteiger partial charge in [-0.1, -0.05) is 36.4 Å². The molecular formula is C18H14N4O3. The van der Waals surface area contributed by atoms with Crippen LogP contribution in [0.3, 0.4) is 0 Å². The van der Waals surface area contributed by atoms with Gasteiger partial charge in [0.05, 0.1) is 16.8 Å². The van der Waals surface area contributed by atoms with Gasteiger partial charge in [0, 0.05) is 29.8 Å². The maximum absolute atomic E-state index is 12.5. The van der Waals surface area contributed by atoms with Crippen molar-refractivity contribution in [2.75, 3.05) is 11.4 Å². The van der Waals surface area contributed by atoms with Gasteiger partial charge in [-0.25, -0.2) is 0 Å². The summed E-state index contributed by atoms with van der Waals surface area (Å²) in [5.74, 6) is -0.253. The van der Waals surface area contributed by atoms with E-state index in [1.54, 1.807) is 29.2 Å².